The van der Waals surface area contributed by atoms with Gasteiger partial charge >= 0.3 is 0 Å². The minimum atomic E-state index is -0.846. The molecule has 5 heavy (non-hydrogen) atoms. The van der Waals surface area contributed by atoms with Crippen molar-refractivity contribution >= 4 is 9.76 Å². The van der Waals surface area contributed by atoms with Crippen LogP contribution >= 0.6 is 0 Å². The van der Waals surface area contributed by atoms with Crippen molar-refractivity contribution < 1.29 is 4.80 Å². The molecular weight excluding hydrogens is 80.1 g/mol. The van der Waals surface area contributed by atoms with Gasteiger partial charge in [0, 0.05) is 0 Å². The Bertz CT molecular complexity index is 42.2. The summed E-state index contributed by atoms with van der Waals surface area (Å²) in [6.45, 7) is 5.32. The van der Waals surface area contributed by atoms with E-state index >= 15 is 0 Å². The van der Waals surface area contributed by atoms with E-state index in [0.717, 1.165) is 5.20 Å². The van der Waals surface area contributed by atoms with Gasteiger partial charge in [-0.3, -0.25) is 0 Å². The van der Waals surface area contributed by atoms with Gasteiger partial charge in [0.25, 0.3) is 0 Å². The zero-order chi connectivity index (χ0) is 4.28. The Morgan fingerprint density at radius 2 is 2.20 bits per heavy atom. The first-order chi connectivity index (χ1) is 2.27. The van der Waals surface area contributed by atoms with Crippen LogP contribution in [0.2, 0.25) is 0 Å². The van der Waals surface area contributed by atoms with Crippen LogP contribution in [0.1, 0.15) is 6.92 Å². The monoisotopic (exact) mass is 88.0 g/mol. The minimum Gasteiger partial charge on any atom is -0.434 e. The smallest absolute Gasteiger partial charge is 0.183 e. The summed E-state index contributed by atoms with van der Waals surface area (Å²) in [6, 6.07) is 0. The molecule has 0 saturated carbocycles. The Kier molecular flexibility index (Phi) is 2.14. The van der Waals surface area contributed by atoms with Crippen LogP contribution in [0.5, 0.6) is 0 Å². The molecule has 0 amide bonds. The lowest BCUT2D eigenvalue weighted by molar-refractivity contribution is 0.611. The van der Waals surface area contributed by atoms with Crippen LogP contribution in [0.4, 0.5) is 0 Å². The maximum absolute atomic E-state index is 8.18. The van der Waals surface area contributed by atoms with Gasteiger partial charge in [0.1, 0.15) is 0 Å². The van der Waals surface area contributed by atoms with Crippen molar-refractivity contribution in [2.75, 3.05) is 0 Å². The van der Waals surface area contributed by atoms with E-state index in [9.17, 15) is 0 Å². The zero-order valence-corrected chi connectivity index (χ0v) is 4.78. The van der Waals surface area contributed by atoms with Crippen LogP contribution in [0.15, 0.2) is 11.8 Å². The van der Waals surface area contributed by atoms with E-state index in [1.54, 1.807) is 0 Å². The second-order valence-electron chi connectivity index (χ2n) is 1.12. The molecule has 0 aliphatic carbocycles. The molecular formula is C3H8OSi. The molecule has 0 aliphatic rings. The molecule has 0 aromatic heterocycles. The van der Waals surface area contributed by atoms with E-state index in [2.05, 4.69) is 6.58 Å². The first-order valence-electron chi connectivity index (χ1n) is 1.52. The second kappa shape index (κ2) is 2.17. The van der Waals surface area contributed by atoms with Gasteiger partial charge in [-0.05, 0) is 6.92 Å². The Morgan fingerprint density at radius 1 is 2.00 bits per heavy atom. The predicted molar refractivity (Wildman–Crippen MR) is 25.6 cm³/mol. The first kappa shape index (κ1) is 4.92. The maximum atomic E-state index is 8.18. The van der Waals surface area contributed by atoms with E-state index in [4.69, 9.17) is 4.80 Å². The minimum absolute atomic E-state index is 0.846. The van der Waals surface area contributed by atoms with Gasteiger partial charge in [0.05, 0.1) is 0 Å². The standard InChI is InChI=1S/C3H8OSi/c1-3(2)5-4/h4H,1,5H2,2H3. The van der Waals surface area contributed by atoms with Crippen LogP contribution < -0.4 is 0 Å². The Balaban J connectivity index is 2.85. The number of hydrogen-bond acceptors (Lipinski definition) is 1. The van der Waals surface area contributed by atoms with Crippen LogP contribution in [0, 0.1) is 0 Å². The van der Waals surface area contributed by atoms with Crippen molar-refractivity contribution in [3.63, 3.8) is 0 Å². The average Bonchev–Trinajstić information content (AvgIpc) is 1.38. The topological polar surface area (TPSA) is 20.2 Å². The first-order valence-corrected chi connectivity index (χ1v) is 2.86. The van der Waals surface area contributed by atoms with Gasteiger partial charge in [0.2, 0.25) is 0 Å². The summed E-state index contributed by atoms with van der Waals surface area (Å²) < 4.78 is 0. The second-order valence-corrected chi connectivity index (χ2v) is 2.64. The zero-order valence-electron chi connectivity index (χ0n) is 3.36. The van der Waals surface area contributed by atoms with Crippen molar-refractivity contribution in [3.8, 4) is 0 Å². The molecule has 0 aliphatic heterocycles. The molecule has 2 heteroatoms. The summed E-state index contributed by atoms with van der Waals surface area (Å²) in [6.07, 6.45) is 0. The molecule has 0 spiro atoms. The van der Waals surface area contributed by atoms with Gasteiger partial charge in [-0.15, -0.1) is 6.58 Å². The highest BCUT2D eigenvalue weighted by molar-refractivity contribution is 6.35. The van der Waals surface area contributed by atoms with E-state index in [1.807, 2.05) is 6.92 Å². The fraction of sp³-hybridized carbons (Fsp3) is 0.333. The maximum Gasteiger partial charge on any atom is 0.183 e. The molecule has 0 radical (unpaired) electrons. The summed E-state index contributed by atoms with van der Waals surface area (Å²) in [4.78, 5) is 8.18. The number of hydrogen-bond donors (Lipinski definition) is 1. The van der Waals surface area contributed by atoms with Crippen molar-refractivity contribution in [1.29, 1.82) is 0 Å². The molecule has 30 valence electrons. The summed E-state index contributed by atoms with van der Waals surface area (Å²) in [5.41, 5.74) is 0. The van der Waals surface area contributed by atoms with Gasteiger partial charge < -0.3 is 4.80 Å². The van der Waals surface area contributed by atoms with E-state index in [1.165, 1.54) is 0 Å². The quantitative estimate of drug-likeness (QED) is 0.432. The molecule has 0 atom stereocenters. The van der Waals surface area contributed by atoms with Crippen LogP contribution in [-0.2, 0) is 0 Å². The summed E-state index contributed by atoms with van der Waals surface area (Å²) >= 11 is 0. The van der Waals surface area contributed by atoms with Crippen LogP contribution in [0.25, 0.3) is 0 Å². The van der Waals surface area contributed by atoms with Gasteiger partial charge in [-0.25, -0.2) is 0 Å². The van der Waals surface area contributed by atoms with Crippen LogP contribution in [0.3, 0.4) is 0 Å². The average molecular weight is 88.2 g/mol. The number of rotatable bonds is 1. The third kappa shape index (κ3) is 3.92. The Hall–Kier alpha value is -0.0831. The lowest BCUT2D eigenvalue weighted by Crippen LogP contribution is -1.84. The molecule has 1 nitrogen and oxygen atoms in total. The highest BCUT2D eigenvalue weighted by atomic mass is 28.2. The van der Waals surface area contributed by atoms with Crippen molar-refractivity contribution in [2.45, 2.75) is 6.92 Å². The number of allylic oxidation sites excluding steroid dienone is 1. The molecule has 0 saturated heterocycles. The van der Waals surface area contributed by atoms with Crippen molar-refractivity contribution in [3.05, 3.63) is 11.8 Å². The summed E-state index contributed by atoms with van der Waals surface area (Å²) in [5, 5.41) is 0.949. The highest BCUT2D eigenvalue weighted by Crippen LogP contribution is 1.73. The third-order valence-electron chi connectivity index (χ3n) is 0.270. The molecule has 0 bridgehead atoms. The molecule has 0 aromatic carbocycles. The lowest BCUT2D eigenvalue weighted by atomic mass is 10.8. The fourth-order valence-electron chi connectivity index (χ4n) is 0. The van der Waals surface area contributed by atoms with Crippen LogP contribution in [-0.4, -0.2) is 14.6 Å². The third-order valence-corrected chi connectivity index (χ3v) is 0.810. The highest BCUT2D eigenvalue weighted by Gasteiger charge is 1.71. The van der Waals surface area contributed by atoms with Gasteiger partial charge in [-0.2, -0.15) is 0 Å². The van der Waals surface area contributed by atoms with Crippen molar-refractivity contribution in [1.82, 2.24) is 0 Å². The summed E-state index contributed by atoms with van der Waals surface area (Å²) in [7, 11) is -0.846. The molecule has 0 aromatic rings. The molecule has 0 heterocycles. The van der Waals surface area contributed by atoms with E-state index < -0.39 is 9.76 Å². The predicted octanol–water partition coefficient (Wildman–Crippen LogP) is -0.404. The van der Waals surface area contributed by atoms with Gasteiger partial charge in [-0.1, -0.05) is 5.20 Å². The normalized spacial score (nSPS) is 10.0. The largest absolute Gasteiger partial charge is 0.434 e. The van der Waals surface area contributed by atoms with E-state index in [0.29, 0.717) is 0 Å². The lowest BCUT2D eigenvalue weighted by Gasteiger charge is -1.77. The SMILES string of the molecule is C=C(C)[SiH2]O. The molecule has 0 rings (SSSR count). The Morgan fingerprint density at radius 3 is 2.20 bits per heavy atom. The molecule has 0 unspecified atom stereocenters. The van der Waals surface area contributed by atoms with Crippen molar-refractivity contribution in [2.24, 2.45) is 0 Å². The molecule has 1 N–H and O–H groups in total. The Labute approximate surface area is 34.3 Å². The fourth-order valence-corrected chi connectivity index (χ4v) is 0. The van der Waals surface area contributed by atoms with E-state index in [-0.39, 0.29) is 0 Å². The van der Waals surface area contributed by atoms with Gasteiger partial charge in [0.15, 0.2) is 9.76 Å². The summed E-state index contributed by atoms with van der Waals surface area (Å²) in [5.74, 6) is 0. The molecule has 0 fully saturated rings.